The zero-order chi connectivity index (χ0) is 15.2. The molecule has 0 unspecified atom stereocenters. The maximum Gasteiger partial charge on any atom is 0.341 e. The second-order valence-corrected chi connectivity index (χ2v) is 5.11. The topological polar surface area (TPSA) is 97.0 Å². The van der Waals surface area contributed by atoms with Gasteiger partial charge in [-0.25, -0.2) is 9.78 Å². The highest BCUT2D eigenvalue weighted by atomic mass is 32.1. The summed E-state index contributed by atoms with van der Waals surface area (Å²) in [7, 11) is 0. The van der Waals surface area contributed by atoms with E-state index in [1.165, 1.54) is 11.3 Å². The Balaban J connectivity index is 2.09. The summed E-state index contributed by atoms with van der Waals surface area (Å²) < 4.78 is 4.93. The van der Waals surface area contributed by atoms with E-state index in [2.05, 4.69) is 20.5 Å². The number of rotatable bonds is 6. The number of aryl methyl sites for hydroxylation is 1. The highest BCUT2D eigenvalue weighted by molar-refractivity contribution is 7.14. The fraction of sp³-hybridized carbons (Fsp3) is 0.385. The number of H-pyrrole nitrogens is 1. The van der Waals surface area contributed by atoms with E-state index in [9.17, 15) is 9.59 Å². The summed E-state index contributed by atoms with van der Waals surface area (Å²) in [6.07, 6.45) is 1.64. The zero-order valence-corrected chi connectivity index (χ0v) is 12.6. The molecule has 2 rings (SSSR count). The molecule has 0 aliphatic heterocycles. The summed E-state index contributed by atoms with van der Waals surface area (Å²) in [6, 6.07) is 1.61. The molecule has 2 N–H and O–H groups in total. The van der Waals surface area contributed by atoms with Gasteiger partial charge in [-0.3, -0.25) is 9.89 Å². The predicted octanol–water partition coefficient (Wildman–Crippen LogP) is 2.25. The maximum absolute atomic E-state index is 12.1. The standard InChI is InChI=1S/C13H16N4O3S/c1-3-5-9-14-10(17-16-9)11(18)15-12-8(6-7-21-12)13(19)20-4-2/h6-7H,3-5H2,1-2H3,(H,15,18)(H,14,16,17). The van der Waals surface area contributed by atoms with Crippen LogP contribution in [-0.2, 0) is 11.2 Å². The first-order valence-corrected chi connectivity index (χ1v) is 7.50. The number of carbonyl (C=O) groups excluding carboxylic acids is 2. The van der Waals surface area contributed by atoms with Crippen LogP contribution >= 0.6 is 11.3 Å². The number of aromatic amines is 1. The molecule has 0 bridgehead atoms. The Kier molecular flexibility index (Phi) is 5.04. The number of nitrogens with one attached hydrogen (secondary N) is 2. The molecule has 0 saturated heterocycles. The van der Waals surface area contributed by atoms with Crippen LogP contribution in [0.3, 0.4) is 0 Å². The molecule has 0 atom stereocenters. The van der Waals surface area contributed by atoms with Crippen molar-refractivity contribution in [1.29, 1.82) is 0 Å². The summed E-state index contributed by atoms with van der Waals surface area (Å²) in [6.45, 7) is 4.02. The molecule has 8 heteroatoms. The quantitative estimate of drug-likeness (QED) is 0.798. The minimum atomic E-state index is -0.462. The number of amides is 1. The summed E-state index contributed by atoms with van der Waals surface area (Å²) in [4.78, 5) is 27.9. The van der Waals surface area contributed by atoms with Crippen LogP contribution in [-0.4, -0.2) is 33.7 Å². The number of hydrogen-bond acceptors (Lipinski definition) is 6. The molecule has 0 spiro atoms. The highest BCUT2D eigenvalue weighted by Gasteiger charge is 2.19. The lowest BCUT2D eigenvalue weighted by Gasteiger charge is -2.04. The number of nitrogens with zero attached hydrogens (tertiary/aromatic N) is 2. The van der Waals surface area contributed by atoms with Crippen molar-refractivity contribution in [3.05, 3.63) is 28.7 Å². The summed E-state index contributed by atoms with van der Waals surface area (Å²) in [5, 5.41) is 11.4. The summed E-state index contributed by atoms with van der Waals surface area (Å²) in [5.74, 6) is -0.196. The third-order valence-corrected chi connectivity index (χ3v) is 3.44. The smallest absolute Gasteiger partial charge is 0.341 e. The third-order valence-electron chi connectivity index (χ3n) is 2.61. The Hall–Kier alpha value is -2.22. The number of carbonyl (C=O) groups is 2. The minimum absolute atomic E-state index is 0.0571. The van der Waals surface area contributed by atoms with Crippen molar-refractivity contribution in [1.82, 2.24) is 15.2 Å². The molecule has 1 amide bonds. The first kappa shape index (κ1) is 15.2. The lowest BCUT2D eigenvalue weighted by molar-refractivity contribution is 0.0528. The number of aromatic nitrogens is 3. The van der Waals surface area contributed by atoms with Gasteiger partial charge in [0.2, 0.25) is 5.82 Å². The Labute approximate surface area is 125 Å². The molecule has 21 heavy (non-hydrogen) atoms. The van der Waals surface area contributed by atoms with E-state index < -0.39 is 11.9 Å². The van der Waals surface area contributed by atoms with Gasteiger partial charge in [-0.15, -0.1) is 16.4 Å². The Morgan fingerprint density at radius 1 is 1.43 bits per heavy atom. The zero-order valence-electron chi connectivity index (χ0n) is 11.8. The number of hydrogen-bond donors (Lipinski definition) is 2. The largest absolute Gasteiger partial charge is 0.462 e. The van der Waals surface area contributed by atoms with E-state index in [4.69, 9.17) is 4.74 Å². The fourth-order valence-corrected chi connectivity index (χ4v) is 2.45. The molecule has 0 aromatic carbocycles. The third kappa shape index (κ3) is 3.66. The molecule has 112 valence electrons. The Morgan fingerprint density at radius 2 is 2.24 bits per heavy atom. The van der Waals surface area contributed by atoms with Crippen molar-refractivity contribution in [3.63, 3.8) is 0 Å². The SMILES string of the molecule is CCCc1nc(C(=O)Nc2sccc2C(=O)OCC)n[nH]1. The van der Waals surface area contributed by atoms with Crippen molar-refractivity contribution < 1.29 is 14.3 Å². The lowest BCUT2D eigenvalue weighted by atomic mass is 10.3. The molecule has 7 nitrogen and oxygen atoms in total. The van der Waals surface area contributed by atoms with Crippen LogP contribution in [0.4, 0.5) is 5.00 Å². The average Bonchev–Trinajstić information content (AvgIpc) is 3.08. The second-order valence-electron chi connectivity index (χ2n) is 4.19. The van der Waals surface area contributed by atoms with E-state index in [1.807, 2.05) is 6.92 Å². The fourth-order valence-electron chi connectivity index (χ4n) is 1.68. The van der Waals surface area contributed by atoms with E-state index in [0.717, 1.165) is 12.8 Å². The van der Waals surface area contributed by atoms with Crippen molar-refractivity contribution >= 4 is 28.2 Å². The van der Waals surface area contributed by atoms with E-state index in [-0.39, 0.29) is 12.4 Å². The average molecular weight is 308 g/mol. The molecule has 2 aromatic heterocycles. The monoisotopic (exact) mass is 308 g/mol. The van der Waals surface area contributed by atoms with Crippen LogP contribution < -0.4 is 5.32 Å². The van der Waals surface area contributed by atoms with Crippen LogP contribution in [0.25, 0.3) is 0 Å². The first-order valence-electron chi connectivity index (χ1n) is 6.63. The van der Waals surface area contributed by atoms with E-state index >= 15 is 0 Å². The van der Waals surface area contributed by atoms with Gasteiger partial charge in [-0.2, -0.15) is 0 Å². The van der Waals surface area contributed by atoms with Gasteiger partial charge in [0.1, 0.15) is 10.8 Å². The normalized spacial score (nSPS) is 10.4. The molecule has 0 fully saturated rings. The van der Waals surface area contributed by atoms with E-state index in [0.29, 0.717) is 16.4 Å². The molecule has 0 saturated carbocycles. The van der Waals surface area contributed by atoms with Crippen molar-refractivity contribution in [2.24, 2.45) is 0 Å². The number of esters is 1. The van der Waals surface area contributed by atoms with Gasteiger partial charge in [0.15, 0.2) is 0 Å². The van der Waals surface area contributed by atoms with Gasteiger partial charge in [0.05, 0.1) is 12.2 Å². The van der Waals surface area contributed by atoms with Crippen molar-refractivity contribution in [2.45, 2.75) is 26.7 Å². The van der Waals surface area contributed by atoms with Crippen molar-refractivity contribution in [3.8, 4) is 0 Å². The summed E-state index contributed by atoms with van der Waals surface area (Å²) in [5.41, 5.74) is 0.333. The van der Waals surface area contributed by atoms with Crippen LogP contribution in [0.15, 0.2) is 11.4 Å². The molecule has 0 aliphatic rings. The second kappa shape index (κ2) is 6.98. The maximum atomic E-state index is 12.1. The Morgan fingerprint density at radius 3 is 2.95 bits per heavy atom. The van der Waals surface area contributed by atoms with Crippen LogP contribution in [0, 0.1) is 0 Å². The summed E-state index contributed by atoms with van der Waals surface area (Å²) >= 11 is 1.25. The van der Waals surface area contributed by atoms with E-state index in [1.54, 1.807) is 18.4 Å². The van der Waals surface area contributed by atoms with Crippen LogP contribution in [0.1, 0.15) is 47.1 Å². The molecule has 0 aliphatic carbocycles. The number of ether oxygens (including phenoxy) is 1. The molecule has 2 heterocycles. The predicted molar refractivity (Wildman–Crippen MR) is 78.6 cm³/mol. The molecular weight excluding hydrogens is 292 g/mol. The van der Waals surface area contributed by atoms with Gasteiger partial charge in [0, 0.05) is 6.42 Å². The minimum Gasteiger partial charge on any atom is -0.462 e. The number of thiophene rings is 1. The van der Waals surface area contributed by atoms with Crippen molar-refractivity contribution in [2.75, 3.05) is 11.9 Å². The van der Waals surface area contributed by atoms with Gasteiger partial charge in [0.25, 0.3) is 5.91 Å². The van der Waals surface area contributed by atoms with Crippen LogP contribution in [0.5, 0.6) is 0 Å². The Bertz CT molecular complexity index is 635. The first-order chi connectivity index (χ1) is 10.2. The number of anilines is 1. The molecule has 0 radical (unpaired) electrons. The van der Waals surface area contributed by atoms with Gasteiger partial charge in [-0.1, -0.05) is 6.92 Å². The van der Waals surface area contributed by atoms with Crippen LogP contribution in [0.2, 0.25) is 0 Å². The lowest BCUT2D eigenvalue weighted by Crippen LogP contribution is -2.15. The van der Waals surface area contributed by atoms with Gasteiger partial charge in [-0.05, 0) is 24.8 Å². The van der Waals surface area contributed by atoms with Gasteiger partial charge >= 0.3 is 5.97 Å². The molecule has 2 aromatic rings. The van der Waals surface area contributed by atoms with Gasteiger partial charge < -0.3 is 10.1 Å². The molecular formula is C13H16N4O3S. The highest BCUT2D eigenvalue weighted by Crippen LogP contribution is 2.24.